The van der Waals surface area contributed by atoms with E-state index in [4.69, 9.17) is 8.83 Å². The van der Waals surface area contributed by atoms with Gasteiger partial charge in [-0.1, -0.05) is 133 Å². The zero-order chi connectivity index (χ0) is 36.3. The Labute approximate surface area is 317 Å². The van der Waals surface area contributed by atoms with Gasteiger partial charge in [0.15, 0.2) is 0 Å². The van der Waals surface area contributed by atoms with E-state index in [2.05, 4.69) is 193 Å². The molecule has 3 heteroatoms. The van der Waals surface area contributed by atoms with Crippen LogP contribution in [0.25, 0.3) is 88.0 Å². The molecule has 0 radical (unpaired) electrons. The number of furan rings is 2. The quantitative estimate of drug-likeness (QED) is 0.173. The molecular formula is C52H33NO2. The smallest absolute Gasteiger partial charge is 0.143 e. The Bertz CT molecular complexity index is 3210. The van der Waals surface area contributed by atoms with E-state index in [1.165, 1.54) is 16.5 Å². The van der Waals surface area contributed by atoms with Gasteiger partial charge in [-0.05, 0) is 99.9 Å². The second-order valence-corrected chi connectivity index (χ2v) is 14.1. The van der Waals surface area contributed by atoms with Crippen molar-refractivity contribution in [2.45, 2.75) is 0 Å². The predicted molar refractivity (Wildman–Crippen MR) is 229 cm³/mol. The zero-order valence-electron chi connectivity index (χ0n) is 29.8. The summed E-state index contributed by atoms with van der Waals surface area (Å²) in [5.41, 5.74) is 13.7. The standard InChI is InChI=1S/C52H33NO2/c1-2-11-34(12-3-1)35-21-26-40(27-22-35)53(41-15-10-14-37(31-41)38-24-29-50-46(32-38)44-18-7-9-20-49(44)54-50)48-19-8-6-16-42(48)39-25-30-51-47(33-39)45-28-23-36-13-4-5-17-43(36)52(45)55-51/h1-33H. The van der Waals surface area contributed by atoms with Gasteiger partial charge in [-0.25, -0.2) is 0 Å². The lowest BCUT2D eigenvalue weighted by atomic mass is 9.98. The Morgan fingerprint density at radius 1 is 0.309 bits per heavy atom. The number of benzene rings is 9. The summed E-state index contributed by atoms with van der Waals surface area (Å²) >= 11 is 0. The van der Waals surface area contributed by atoms with Gasteiger partial charge in [0.05, 0.1) is 5.69 Å². The molecule has 11 rings (SSSR count). The van der Waals surface area contributed by atoms with E-state index in [1.54, 1.807) is 0 Å². The Morgan fingerprint density at radius 2 is 0.927 bits per heavy atom. The van der Waals surface area contributed by atoms with Crippen LogP contribution in [0.3, 0.4) is 0 Å². The van der Waals surface area contributed by atoms with Crippen LogP contribution in [0.2, 0.25) is 0 Å². The molecule has 0 bridgehead atoms. The van der Waals surface area contributed by atoms with Crippen LogP contribution in [0.5, 0.6) is 0 Å². The van der Waals surface area contributed by atoms with Crippen molar-refractivity contribution in [1.82, 2.24) is 0 Å². The van der Waals surface area contributed by atoms with Gasteiger partial charge in [-0.3, -0.25) is 0 Å². The molecule has 0 saturated carbocycles. The van der Waals surface area contributed by atoms with Crippen LogP contribution in [0.4, 0.5) is 17.1 Å². The molecule has 0 aliphatic carbocycles. The number of hydrogen-bond donors (Lipinski definition) is 0. The summed E-state index contributed by atoms with van der Waals surface area (Å²) in [6.45, 7) is 0. The summed E-state index contributed by atoms with van der Waals surface area (Å²) in [6.07, 6.45) is 0. The maximum atomic E-state index is 6.50. The number of nitrogens with zero attached hydrogens (tertiary/aromatic N) is 1. The molecule has 3 nitrogen and oxygen atoms in total. The molecule has 11 aromatic rings. The van der Waals surface area contributed by atoms with Gasteiger partial charge in [0.25, 0.3) is 0 Å². The fraction of sp³-hybridized carbons (Fsp3) is 0. The number of fused-ring (bicyclic) bond motifs is 8. The highest BCUT2D eigenvalue weighted by Gasteiger charge is 2.20. The number of para-hydroxylation sites is 2. The lowest BCUT2D eigenvalue weighted by Crippen LogP contribution is -2.11. The van der Waals surface area contributed by atoms with Gasteiger partial charge in [-0.15, -0.1) is 0 Å². The lowest BCUT2D eigenvalue weighted by Gasteiger charge is -2.28. The summed E-state index contributed by atoms with van der Waals surface area (Å²) in [7, 11) is 0. The van der Waals surface area contributed by atoms with E-state index >= 15 is 0 Å². The molecule has 9 aromatic carbocycles. The van der Waals surface area contributed by atoms with E-state index in [0.29, 0.717) is 0 Å². The second-order valence-electron chi connectivity index (χ2n) is 14.1. The molecule has 258 valence electrons. The first-order valence-corrected chi connectivity index (χ1v) is 18.7. The van der Waals surface area contributed by atoms with Crippen molar-refractivity contribution >= 4 is 71.7 Å². The monoisotopic (exact) mass is 703 g/mol. The van der Waals surface area contributed by atoms with Crippen molar-refractivity contribution in [1.29, 1.82) is 0 Å². The maximum absolute atomic E-state index is 6.50. The Kier molecular flexibility index (Phi) is 7.17. The van der Waals surface area contributed by atoms with Crippen molar-refractivity contribution in [3.05, 3.63) is 200 Å². The fourth-order valence-electron chi connectivity index (χ4n) is 8.18. The third-order valence-corrected chi connectivity index (χ3v) is 10.9. The number of anilines is 3. The highest BCUT2D eigenvalue weighted by atomic mass is 16.3. The van der Waals surface area contributed by atoms with Crippen LogP contribution in [-0.2, 0) is 0 Å². The molecule has 0 spiro atoms. The number of hydrogen-bond acceptors (Lipinski definition) is 3. The van der Waals surface area contributed by atoms with E-state index in [9.17, 15) is 0 Å². The molecule has 0 unspecified atom stereocenters. The number of rotatable bonds is 6. The summed E-state index contributed by atoms with van der Waals surface area (Å²) in [6, 6.07) is 71.1. The molecule has 2 heterocycles. The first-order chi connectivity index (χ1) is 27.2. The zero-order valence-corrected chi connectivity index (χ0v) is 29.8. The Balaban J connectivity index is 1.08. The van der Waals surface area contributed by atoms with Crippen molar-refractivity contribution in [2.75, 3.05) is 4.90 Å². The molecule has 0 N–H and O–H groups in total. The van der Waals surface area contributed by atoms with Crippen molar-refractivity contribution in [3.63, 3.8) is 0 Å². The van der Waals surface area contributed by atoms with Crippen LogP contribution in [0.1, 0.15) is 0 Å². The molecule has 0 atom stereocenters. The van der Waals surface area contributed by atoms with Gasteiger partial charge in [0.2, 0.25) is 0 Å². The summed E-state index contributed by atoms with van der Waals surface area (Å²) in [5, 5.41) is 6.78. The largest absolute Gasteiger partial charge is 0.456 e. The minimum atomic E-state index is 0.885. The van der Waals surface area contributed by atoms with Crippen molar-refractivity contribution in [2.24, 2.45) is 0 Å². The van der Waals surface area contributed by atoms with E-state index in [-0.39, 0.29) is 0 Å². The summed E-state index contributed by atoms with van der Waals surface area (Å²) in [5.74, 6) is 0. The van der Waals surface area contributed by atoms with Crippen LogP contribution in [0, 0.1) is 0 Å². The predicted octanol–water partition coefficient (Wildman–Crippen LogP) is 15.1. The van der Waals surface area contributed by atoms with Gasteiger partial charge < -0.3 is 13.7 Å². The molecule has 0 fully saturated rings. The molecule has 2 aromatic heterocycles. The second kappa shape index (κ2) is 12.6. The highest BCUT2D eigenvalue weighted by Crippen LogP contribution is 2.44. The minimum absolute atomic E-state index is 0.885. The first-order valence-electron chi connectivity index (χ1n) is 18.7. The van der Waals surface area contributed by atoms with Gasteiger partial charge in [0, 0.05) is 43.9 Å². The van der Waals surface area contributed by atoms with Crippen LogP contribution in [-0.4, -0.2) is 0 Å². The SMILES string of the molecule is c1ccc(-c2ccc(N(c3cccc(-c4ccc5oc6ccccc6c5c4)c3)c3ccccc3-c3ccc4oc5c6ccccc6ccc5c4c3)cc2)cc1. The van der Waals surface area contributed by atoms with E-state index in [0.717, 1.165) is 88.6 Å². The Hall–Kier alpha value is -7.36. The first kappa shape index (κ1) is 31.2. The molecule has 55 heavy (non-hydrogen) atoms. The maximum Gasteiger partial charge on any atom is 0.143 e. The van der Waals surface area contributed by atoms with Crippen molar-refractivity contribution < 1.29 is 8.83 Å². The van der Waals surface area contributed by atoms with Crippen LogP contribution >= 0.6 is 0 Å². The van der Waals surface area contributed by atoms with Gasteiger partial charge in [0.1, 0.15) is 22.3 Å². The lowest BCUT2D eigenvalue weighted by molar-refractivity contribution is 0.669. The third kappa shape index (κ3) is 5.28. The molecule has 0 aliphatic heterocycles. The summed E-state index contributed by atoms with van der Waals surface area (Å²) in [4.78, 5) is 2.38. The van der Waals surface area contributed by atoms with Crippen LogP contribution in [0.15, 0.2) is 209 Å². The van der Waals surface area contributed by atoms with Crippen LogP contribution < -0.4 is 4.90 Å². The van der Waals surface area contributed by atoms with Gasteiger partial charge >= 0.3 is 0 Å². The normalized spacial score (nSPS) is 11.6. The highest BCUT2D eigenvalue weighted by molar-refractivity contribution is 6.16. The molecule has 0 saturated heterocycles. The van der Waals surface area contributed by atoms with E-state index < -0.39 is 0 Å². The van der Waals surface area contributed by atoms with Crippen molar-refractivity contribution in [3.8, 4) is 33.4 Å². The summed E-state index contributed by atoms with van der Waals surface area (Å²) < 4.78 is 12.7. The minimum Gasteiger partial charge on any atom is -0.456 e. The fourth-order valence-corrected chi connectivity index (χ4v) is 8.18. The topological polar surface area (TPSA) is 29.5 Å². The third-order valence-electron chi connectivity index (χ3n) is 10.9. The average molecular weight is 704 g/mol. The average Bonchev–Trinajstić information content (AvgIpc) is 3.83. The van der Waals surface area contributed by atoms with E-state index in [1.807, 2.05) is 12.1 Å². The molecule has 0 aliphatic rings. The Morgan fingerprint density at radius 3 is 1.82 bits per heavy atom. The molecular weight excluding hydrogens is 671 g/mol. The van der Waals surface area contributed by atoms with Gasteiger partial charge in [-0.2, -0.15) is 0 Å². The molecule has 0 amide bonds.